The van der Waals surface area contributed by atoms with E-state index in [1.807, 2.05) is 0 Å². The molecule has 4 nitrogen and oxygen atoms in total. The van der Waals surface area contributed by atoms with Gasteiger partial charge in [-0.05, 0) is 13.8 Å². The van der Waals surface area contributed by atoms with E-state index in [2.05, 4.69) is 9.84 Å². The highest BCUT2D eigenvalue weighted by atomic mass is 19.4. The van der Waals surface area contributed by atoms with E-state index < -0.39 is 12.8 Å². The first kappa shape index (κ1) is 12.8. The van der Waals surface area contributed by atoms with Crippen LogP contribution in [-0.4, -0.2) is 29.2 Å². The van der Waals surface area contributed by atoms with Crippen molar-refractivity contribution in [3.63, 3.8) is 0 Å². The Morgan fingerprint density at radius 2 is 2.00 bits per heavy atom. The fourth-order valence-electron chi connectivity index (χ4n) is 1.27. The van der Waals surface area contributed by atoms with Crippen LogP contribution in [0.1, 0.15) is 11.4 Å². The van der Waals surface area contributed by atoms with Crippen LogP contribution in [0, 0.1) is 13.8 Å². The van der Waals surface area contributed by atoms with Crippen LogP contribution in [-0.2, 0) is 11.3 Å². The van der Waals surface area contributed by atoms with Crippen LogP contribution < -0.4 is 5.73 Å². The molecule has 1 aromatic heterocycles. The van der Waals surface area contributed by atoms with Crippen LogP contribution in [0.25, 0.3) is 0 Å². The molecule has 0 aliphatic heterocycles. The Kier molecular flexibility index (Phi) is 3.79. The van der Waals surface area contributed by atoms with Gasteiger partial charge < -0.3 is 10.5 Å². The average Bonchev–Trinajstić information content (AvgIpc) is 2.40. The van der Waals surface area contributed by atoms with Gasteiger partial charge in [0.2, 0.25) is 0 Å². The number of rotatable bonds is 4. The molecule has 1 aromatic rings. The Morgan fingerprint density at radius 3 is 2.44 bits per heavy atom. The van der Waals surface area contributed by atoms with Gasteiger partial charge in [-0.2, -0.15) is 18.3 Å². The standard InChI is InChI=1S/C9H14F3N3O/c1-6-8(13)7(2)15(14-6)3-4-16-5-9(10,11)12/h3-5,13H2,1-2H3. The second kappa shape index (κ2) is 4.73. The van der Waals surface area contributed by atoms with Gasteiger partial charge in [-0.3, -0.25) is 4.68 Å². The second-order valence-electron chi connectivity index (χ2n) is 3.48. The van der Waals surface area contributed by atoms with Crippen molar-refractivity contribution in [1.82, 2.24) is 9.78 Å². The number of halogens is 3. The van der Waals surface area contributed by atoms with Crippen molar-refractivity contribution in [2.75, 3.05) is 18.9 Å². The third-order valence-corrected chi connectivity index (χ3v) is 2.15. The number of ether oxygens (including phenoxy) is 1. The lowest BCUT2D eigenvalue weighted by Gasteiger charge is -2.08. The predicted octanol–water partition coefficient (Wildman–Crippen LogP) is 1.66. The van der Waals surface area contributed by atoms with Gasteiger partial charge in [-0.15, -0.1) is 0 Å². The number of aryl methyl sites for hydroxylation is 1. The molecule has 7 heteroatoms. The third-order valence-electron chi connectivity index (χ3n) is 2.15. The number of hydrogen-bond acceptors (Lipinski definition) is 3. The largest absolute Gasteiger partial charge is 0.411 e. The topological polar surface area (TPSA) is 53.1 Å². The summed E-state index contributed by atoms with van der Waals surface area (Å²) in [4.78, 5) is 0. The maximum Gasteiger partial charge on any atom is 0.411 e. The molecule has 0 saturated heterocycles. The van der Waals surface area contributed by atoms with E-state index in [-0.39, 0.29) is 13.2 Å². The fraction of sp³-hybridized carbons (Fsp3) is 0.667. The average molecular weight is 237 g/mol. The van der Waals surface area contributed by atoms with Gasteiger partial charge in [-0.1, -0.05) is 0 Å². The van der Waals surface area contributed by atoms with E-state index >= 15 is 0 Å². The Balaban J connectivity index is 2.41. The minimum Gasteiger partial charge on any atom is -0.396 e. The zero-order valence-electron chi connectivity index (χ0n) is 9.14. The summed E-state index contributed by atoms with van der Waals surface area (Å²) in [5.41, 5.74) is 7.66. The molecule has 0 unspecified atom stereocenters. The van der Waals surface area contributed by atoms with Gasteiger partial charge >= 0.3 is 6.18 Å². The number of nitrogens with two attached hydrogens (primary N) is 1. The van der Waals surface area contributed by atoms with E-state index in [9.17, 15) is 13.2 Å². The van der Waals surface area contributed by atoms with E-state index in [1.165, 1.54) is 0 Å². The number of alkyl halides is 3. The first-order chi connectivity index (χ1) is 7.31. The molecular formula is C9H14F3N3O. The number of aromatic nitrogens is 2. The summed E-state index contributed by atoms with van der Waals surface area (Å²) < 4.78 is 41.3. The molecule has 0 aliphatic carbocycles. The van der Waals surface area contributed by atoms with Crippen LogP contribution in [0.2, 0.25) is 0 Å². The highest BCUT2D eigenvalue weighted by Crippen LogP contribution is 2.16. The summed E-state index contributed by atoms with van der Waals surface area (Å²) in [5, 5.41) is 4.07. The van der Waals surface area contributed by atoms with Crippen molar-refractivity contribution < 1.29 is 17.9 Å². The maximum absolute atomic E-state index is 11.8. The second-order valence-corrected chi connectivity index (χ2v) is 3.48. The lowest BCUT2D eigenvalue weighted by Crippen LogP contribution is -2.19. The molecule has 0 bridgehead atoms. The monoisotopic (exact) mass is 237 g/mol. The molecule has 0 fully saturated rings. The van der Waals surface area contributed by atoms with Crippen LogP contribution in [0.5, 0.6) is 0 Å². The van der Waals surface area contributed by atoms with Crippen LogP contribution >= 0.6 is 0 Å². The zero-order chi connectivity index (χ0) is 12.3. The maximum atomic E-state index is 11.8. The minimum absolute atomic E-state index is 0.0408. The lowest BCUT2D eigenvalue weighted by atomic mass is 10.3. The minimum atomic E-state index is -4.28. The quantitative estimate of drug-likeness (QED) is 0.810. The number of nitrogen functional groups attached to an aromatic ring is 1. The number of nitrogens with zero attached hydrogens (tertiary/aromatic N) is 2. The van der Waals surface area contributed by atoms with Crippen molar-refractivity contribution in [2.24, 2.45) is 0 Å². The first-order valence-corrected chi connectivity index (χ1v) is 4.75. The van der Waals surface area contributed by atoms with Gasteiger partial charge in [0.25, 0.3) is 0 Å². The van der Waals surface area contributed by atoms with Gasteiger partial charge in [0.1, 0.15) is 6.61 Å². The van der Waals surface area contributed by atoms with Crippen molar-refractivity contribution in [3.05, 3.63) is 11.4 Å². The summed E-state index contributed by atoms with van der Waals surface area (Å²) in [5.74, 6) is 0. The van der Waals surface area contributed by atoms with Crippen molar-refractivity contribution in [2.45, 2.75) is 26.6 Å². The Labute approximate surface area is 91.2 Å². The Morgan fingerprint density at radius 1 is 1.38 bits per heavy atom. The highest BCUT2D eigenvalue weighted by Gasteiger charge is 2.27. The Hall–Kier alpha value is -1.24. The molecule has 92 valence electrons. The van der Waals surface area contributed by atoms with Gasteiger partial charge in [0, 0.05) is 0 Å². The molecule has 0 radical (unpaired) electrons. The Bertz CT molecular complexity index is 360. The fourth-order valence-corrected chi connectivity index (χ4v) is 1.27. The van der Waals surface area contributed by atoms with E-state index in [0.29, 0.717) is 11.4 Å². The molecule has 0 aliphatic rings. The normalized spacial score (nSPS) is 12.1. The van der Waals surface area contributed by atoms with Crippen LogP contribution in [0.15, 0.2) is 0 Å². The van der Waals surface area contributed by atoms with Crippen LogP contribution in [0.3, 0.4) is 0 Å². The molecule has 0 saturated carbocycles. The van der Waals surface area contributed by atoms with E-state index in [4.69, 9.17) is 5.73 Å². The number of anilines is 1. The molecule has 0 aromatic carbocycles. The van der Waals surface area contributed by atoms with E-state index in [1.54, 1.807) is 18.5 Å². The molecule has 2 N–H and O–H groups in total. The highest BCUT2D eigenvalue weighted by molar-refractivity contribution is 5.46. The molecule has 1 rings (SSSR count). The molecule has 16 heavy (non-hydrogen) atoms. The lowest BCUT2D eigenvalue weighted by molar-refractivity contribution is -0.174. The molecule has 1 heterocycles. The van der Waals surface area contributed by atoms with Crippen molar-refractivity contribution in [3.8, 4) is 0 Å². The summed E-state index contributed by atoms with van der Waals surface area (Å²) in [7, 11) is 0. The molecule has 0 amide bonds. The molecule has 0 spiro atoms. The number of hydrogen-bond donors (Lipinski definition) is 1. The molecular weight excluding hydrogens is 223 g/mol. The van der Waals surface area contributed by atoms with Crippen molar-refractivity contribution in [1.29, 1.82) is 0 Å². The summed E-state index contributed by atoms with van der Waals surface area (Å²) >= 11 is 0. The molecule has 0 atom stereocenters. The van der Waals surface area contributed by atoms with E-state index in [0.717, 1.165) is 5.69 Å². The summed E-state index contributed by atoms with van der Waals surface area (Å²) in [6.07, 6.45) is -4.28. The van der Waals surface area contributed by atoms with Gasteiger partial charge in [-0.25, -0.2) is 0 Å². The first-order valence-electron chi connectivity index (χ1n) is 4.75. The van der Waals surface area contributed by atoms with Crippen molar-refractivity contribution >= 4 is 5.69 Å². The van der Waals surface area contributed by atoms with Gasteiger partial charge in [0.15, 0.2) is 0 Å². The van der Waals surface area contributed by atoms with Gasteiger partial charge in [0.05, 0.1) is 30.2 Å². The predicted molar refractivity (Wildman–Crippen MR) is 53.0 cm³/mol. The summed E-state index contributed by atoms with van der Waals surface area (Å²) in [6.45, 7) is 2.50. The smallest absolute Gasteiger partial charge is 0.396 e. The summed E-state index contributed by atoms with van der Waals surface area (Å²) in [6, 6.07) is 0. The SMILES string of the molecule is Cc1nn(CCOCC(F)(F)F)c(C)c1N. The van der Waals surface area contributed by atoms with Crippen LogP contribution in [0.4, 0.5) is 18.9 Å². The zero-order valence-corrected chi connectivity index (χ0v) is 9.14. The third kappa shape index (κ3) is 3.41.